The third kappa shape index (κ3) is 2.43. The van der Waals surface area contributed by atoms with E-state index in [0.29, 0.717) is 22.2 Å². The van der Waals surface area contributed by atoms with Gasteiger partial charge < -0.3 is 9.67 Å². The monoisotopic (exact) mass is 271 g/mol. The SMILES string of the molecule is Cc1c(C)n(CC(F)(F)F)c2ccc(C(=O)O)cc12. The Kier molecular flexibility index (Phi) is 3.04. The molecule has 0 aliphatic heterocycles. The lowest BCUT2D eigenvalue weighted by atomic mass is 10.1. The zero-order chi connectivity index (χ0) is 14.4. The number of hydrogen-bond acceptors (Lipinski definition) is 1. The van der Waals surface area contributed by atoms with Crippen LogP contribution in [0.15, 0.2) is 18.2 Å². The molecule has 0 spiro atoms. The van der Waals surface area contributed by atoms with Crippen molar-refractivity contribution < 1.29 is 23.1 Å². The van der Waals surface area contributed by atoms with Gasteiger partial charge in [-0.2, -0.15) is 13.2 Å². The van der Waals surface area contributed by atoms with E-state index in [-0.39, 0.29) is 5.56 Å². The van der Waals surface area contributed by atoms with E-state index in [1.54, 1.807) is 13.8 Å². The quantitative estimate of drug-likeness (QED) is 0.908. The Morgan fingerprint density at radius 3 is 2.47 bits per heavy atom. The third-order valence-corrected chi connectivity index (χ3v) is 3.22. The summed E-state index contributed by atoms with van der Waals surface area (Å²) in [6, 6.07) is 4.15. The average molecular weight is 271 g/mol. The predicted octanol–water partition coefficient (Wildman–Crippen LogP) is 3.52. The Bertz CT molecular complexity index is 656. The summed E-state index contributed by atoms with van der Waals surface area (Å²) in [5.41, 5.74) is 1.63. The van der Waals surface area contributed by atoms with E-state index in [1.807, 2.05) is 0 Å². The molecule has 6 heteroatoms. The first-order chi connectivity index (χ1) is 8.70. The van der Waals surface area contributed by atoms with Crippen molar-refractivity contribution in [3.63, 3.8) is 0 Å². The molecule has 0 saturated carbocycles. The van der Waals surface area contributed by atoms with E-state index in [9.17, 15) is 18.0 Å². The standard InChI is InChI=1S/C13H12F3NO2/c1-7-8(2)17(6-13(14,15)16)11-4-3-9(12(18)19)5-10(7)11/h3-5H,6H2,1-2H3,(H,18,19). The van der Waals surface area contributed by atoms with Crippen LogP contribution in [0.1, 0.15) is 21.6 Å². The zero-order valence-corrected chi connectivity index (χ0v) is 10.4. The number of aryl methyl sites for hydroxylation is 1. The average Bonchev–Trinajstić information content (AvgIpc) is 2.52. The van der Waals surface area contributed by atoms with E-state index in [2.05, 4.69) is 0 Å². The number of rotatable bonds is 2. The number of hydrogen-bond donors (Lipinski definition) is 1. The van der Waals surface area contributed by atoms with Crippen molar-refractivity contribution in [2.24, 2.45) is 0 Å². The number of alkyl halides is 3. The van der Waals surface area contributed by atoms with E-state index in [0.717, 1.165) is 4.57 Å². The highest BCUT2D eigenvalue weighted by Crippen LogP contribution is 2.29. The van der Waals surface area contributed by atoms with Gasteiger partial charge in [0.05, 0.1) is 5.56 Å². The van der Waals surface area contributed by atoms with Crippen LogP contribution in [0.5, 0.6) is 0 Å². The first-order valence-electron chi connectivity index (χ1n) is 5.60. The summed E-state index contributed by atoms with van der Waals surface area (Å²) in [4.78, 5) is 10.9. The molecule has 0 aliphatic rings. The lowest BCUT2D eigenvalue weighted by molar-refractivity contribution is -0.140. The van der Waals surface area contributed by atoms with Crippen LogP contribution in [0.4, 0.5) is 13.2 Å². The molecule has 1 aromatic heterocycles. The van der Waals surface area contributed by atoms with Gasteiger partial charge in [-0.25, -0.2) is 4.79 Å². The topological polar surface area (TPSA) is 42.2 Å². The molecule has 1 heterocycles. The van der Waals surface area contributed by atoms with Crippen LogP contribution in [0.3, 0.4) is 0 Å². The largest absolute Gasteiger partial charge is 0.478 e. The molecule has 0 bridgehead atoms. The second-order valence-corrected chi connectivity index (χ2v) is 4.45. The van der Waals surface area contributed by atoms with Crippen molar-refractivity contribution in [1.82, 2.24) is 4.57 Å². The summed E-state index contributed by atoms with van der Waals surface area (Å²) in [5.74, 6) is -1.09. The van der Waals surface area contributed by atoms with E-state index in [1.165, 1.54) is 18.2 Å². The second-order valence-electron chi connectivity index (χ2n) is 4.45. The van der Waals surface area contributed by atoms with Crippen LogP contribution in [-0.4, -0.2) is 21.8 Å². The van der Waals surface area contributed by atoms with Crippen LogP contribution in [0.25, 0.3) is 10.9 Å². The molecular weight excluding hydrogens is 259 g/mol. The summed E-state index contributed by atoms with van der Waals surface area (Å²) in [6.45, 7) is 2.22. The number of nitrogens with zero attached hydrogens (tertiary/aromatic N) is 1. The molecule has 0 radical (unpaired) electrons. The maximum Gasteiger partial charge on any atom is 0.406 e. The molecule has 0 unspecified atom stereocenters. The third-order valence-electron chi connectivity index (χ3n) is 3.22. The number of carboxylic acid groups (broad SMARTS) is 1. The minimum absolute atomic E-state index is 0.0692. The van der Waals surface area contributed by atoms with Crippen molar-refractivity contribution in [2.45, 2.75) is 26.6 Å². The highest BCUT2D eigenvalue weighted by Gasteiger charge is 2.30. The zero-order valence-electron chi connectivity index (χ0n) is 10.4. The molecule has 0 aliphatic carbocycles. The van der Waals surface area contributed by atoms with Crippen LogP contribution in [-0.2, 0) is 6.54 Å². The highest BCUT2D eigenvalue weighted by molar-refractivity contribution is 5.95. The Morgan fingerprint density at radius 2 is 1.95 bits per heavy atom. The van der Waals surface area contributed by atoms with Gasteiger partial charge in [-0.15, -0.1) is 0 Å². The molecule has 0 atom stereocenters. The minimum atomic E-state index is -4.31. The lowest BCUT2D eigenvalue weighted by Gasteiger charge is -2.11. The first kappa shape index (κ1) is 13.5. The van der Waals surface area contributed by atoms with Gasteiger partial charge in [0.2, 0.25) is 0 Å². The van der Waals surface area contributed by atoms with Gasteiger partial charge >= 0.3 is 12.1 Å². The van der Waals surface area contributed by atoms with Crippen molar-refractivity contribution in [3.05, 3.63) is 35.0 Å². The fourth-order valence-corrected chi connectivity index (χ4v) is 2.17. The predicted molar refractivity (Wildman–Crippen MR) is 64.4 cm³/mol. The van der Waals surface area contributed by atoms with Gasteiger partial charge in [-0.3, -0.25) is 0 Å². The van der Waals surface area contributed by atoms with Crippen LogP contribution in [0, 0.1) is 13.8 Å². The Morgan fingerprint density at radius 1 is 1.32 bits per heavy atom. The van der Waals surface area contributed by atoms with Gasteiger partial charge in [-0.1, -0.05) is 0 Å². The molecular formula is C13H12F3NO2. The number of fused-ring (bicyclic) bond motifs is 1. The number of aromatic carboxylic acids is 1. The number of halogens is 3. The highest BCUT2D eigenvalue weighted by atomic mass is 19.4. The van der Waals surface area contributed by atoms with Crippen molar-refractivity contribution in [1.29, 1.82) is 0 Å². The molecule has 2 rings (SSSR count). The number of carboxylic acids is 1. The lowest BCUT2D eigenvalue weighted by Crippen LogP contribution is -2.18. The second kappa shape index (κ2) is 4.29. The van der Waals surface area contributed by atoms with Crippen molar-refractivity contribution >= 4 is 16.9 Å². The van der Waals surface area contributed by atoms with E-state index < -0.39 is 18.7 Å². The molecule has 2 aromatic rings. The van der Waals surface area contributed by atoms with Gasteiger partial charge in [-0.05, 0) is 37.6 Å². The number of aromatic nitrogens is 1. The van der Waals surface area contributed by atoms with Gasteiger partial charge in [0.25, 0.3) is 0 Å². The Labute approximate surface area is 107 Å². The summed E-state index contributed by atoms with van der Waals surface area (Å²) >= 11 is 0. The normalized spacial score (nSPS) is 12.1. The summed E-state index contributed by atoms with van der Waals surface area (Å²) in [5, 5.41) is 9.45. The van der Waals surface area contributed by atoms with Crippen LogP contribution >= 0.6 is 0 Å². The minimum Gasteiger partial charge on any atom is -0.478 e. The van der Waals surface area contributed by atoms with Gasteiger partial charge in [0.1, 0.15) is 6.54 Å². The summed E-state index contributed by atoms with van der Waals surface area (Å²) < 4.78 is 38.8. The molecule has 19 heavy (non-hydrogen) atoms. The molecule has 1 N–H and O–H groups in total. The maximum atomic E-state index is 12.6. The number of carbonyl (C=O) groups is 1. The van der Waals surface area contributed by atoms with Crippen molar-refractivity contribution in [2.75, 3.05) is 0 Å². The van der Waals surface area contributed by atoms with Crippen molar-refractivity contribution in [3.8, 4) is 0 Å². The molecule has 0 amide bonds. The number of benzene rings is 1. The molecule has 102 valence electrons. The molecule has 0 saturated heterocycles. The Balaban J connectivity index is 2.67. The van der Waals surface area contributed by atoms with Gasteiger partial charge in [0, 0.05) is 16.6 Å². The Hall–Kier alpha value is -1.98. The summed E-state index contributed by atoms with van der Waals surface area (Å²) in [6.07, 6.45) is -4.31. The van der Waals surface area contributed by atoms with E-state index >= 15 is 0 Å². The molecule has 3 nitrogen and oxygen atoms in total. The van der Waals surface area contributed by atoms with E-state index in [4.69, 9.17) is 5.11 Å². The fourth-order valence-electron chi connectivity index (χ4n) is 2.17. The first-order valence-corrected chi connectivity index (χ1v) is 5.60. The maximum absolute atomic E-state index is 12.6. The molecule has 1 aromatic carbocycles. The smallest absolute Gasteiger partial charge is 0.406 e. The van der Waals surface area contributed by atoms with Crippen LogP contribution in [0.2, 0.25) is 0 Å². The van der Waals surface area contributed by atoms with Gasteiger partial charge in [0.15, 0.2) is 0 Å². The fraction of sp³-hybridized carbons (Fsp3) is 0.308. The van der Waals surface area contributed by atoms with Crippen LogP contribution < -0.4 is 0 Å². The molecule has 0 fully saturated rings. The summed E-state index contributed by atoms with van der Waals surface area (Å²) in [7, 11) is 0.